The number of amides is 1. The van der Waals surface area contributed by atoms with Crippen LogP contribution in [0, 0.1) is 6.92 Å². The number of carbonyl (C=O) groups excluding carboxylic acids is 2. The second-order valence-electron chi connectivity index (χ2n) is 8.90. The van der Waals surface area contributed by atoms with Crippen molar-refractivity contribution in [3.8, 4) is 17.2 Å². The number of ether oxygens (including phenoxy) is 4. The Morgan fingerprint density at radius 3 is 2.34 bits per heavy atom. The summed E-state index contributed by atoms with van der Waals surface area (Å²) in [6.45, 7) is 2.78. The number of aryl methyl sites for hydroxylation is 1. The molecule has 8 nitrogen and oxygen atoms in total. The third-order valence-electron chi connectivity index (χ3n) is 6.43. The molecule has 3 aromatic rings. The molecule has 38 heavy (non-hydrogen) atoms. The summed E-state index contributed by atoms with van der Waals surface area (Å²) in [5.41, 5.74) is 3.11. The molecule has 1 aliphatic rings. The van der Waals surface area contributed by atoms with Crippen molar-refractivity contribution in [1.29, 1.82) is 0 Å². The third kappa shape index (κ3) is 5.50. The minimum Gasteiger partial charge on any atom is -0.507 e. The number of ketones is 1. The zero-order valence-electron chi connectivity index (χ0n) is 21.9. The van der Waals surface area contributed by atoms with E-state index in [1.54, 1.807) is 36.4 Å². The molecule has 1 fully saturated rings. The van der Waals surface area contributed by atoms with Crippen LogP contribution in [0.1, 0.15) is 28.3 Å². The molecule has 0 spiro atoms. The van der Waals surface area contributed by atoms with Crippen molar-refractivity contribution in [2.45, 2.75) is 19.6 Å². The molecule has 0 radical (unpaired) electrons. The zero-order chi connectivity index (χ0) is 27.2. The van der Waals surface area contributed by atoms with E-state index in [1.165, 1.54) is 26.2 Å². The zero-order valence-corrected chi connectivity index (χ0v) is 21.9. The lowest BCUT2D eigenvalue weighted by Gasteiger charge is -2.25. The summed E-state index contributed by atoms with van der Waals surface area (Å²) in [5, 5.41) is 11.3. The largest absolute Gasteiger partial charge is 0.507 e. The molecule has 1 amide bonds. The molecule has 3 aromatic carbocycles. The summed E-state index contributed by atoms with van der Waals surface area (Å²) < 4.78 is 21.8. The standard InChI is InChI=1S/C30H31NO7/c1-19-8-10-20(11-9-19)18-38-23-7-5-6-21(16-23)27-26(29(33)30(34)31(27)14-15-35-2)28(32)22-12-13-24(36-3)25(17-22)37-4/h5-13,16-17,27,32H,14-15,18H2,1-4H3/b28-26+. The van der Waals surface area contributed by atoms with Gasteiger partial charge in [-0.15, -0.1) is 0 Å². The molecule has 0 aromatic heterocycles. The number of hydrogen-bond donors (Lipinski definition) is 1. The highest BCUT2D eigenvalue weighted by Gasteiger charge is 2.46. The normalized spacial score (nSPS) is 16.5. The number of rotatable bonds is 10. The van der Waals surface area contributed by atoms with Crippen molar-refractivity contribution in [3.05, 3.63) is 94.6 Å². The quantitative estimate of drug-likeness (QED) is 0.237. The summed E-state index contributed by atoms with van der Waals surface area (Å²) >= 11 is 0. The number of likely N-dealkylation sites (tertiary alicyclic amines) is 1. The number of benzene rings is 3. The first-order valence-electron chi connectivity index (χ1n) is 12.2. The van der Waals surface area contributed by atoms with Gasteiger partial charge in [0.05, 0.1) is 32.4 Å². The summed E-state index contributed by atoms with van der Waals surface area (Å²) in [4.78, 5) is 27.7. The van der Waals surface area contributed by atoms with Crippen LogP contribution < -0.4 is 14.2 Å². The van der Waals surface area contributed by atoms with Gasteiger partial charge in [-0.2, -0.15) is 0 Å². The Labute approximate surface area is 222 Å². The predicted octanol–water partition coefficient (Wildman–Crippen LogP) is 4.66. The first-order valence-corrected chi connectivity index (χ1v) is 12.2. The Morgan fingerprint density at radius 2 is 1.66 bits per heavy atom. The van der Waals surface area contributed by atoms with Gasteiger partial charge in [0, 0.05) is 19.2 Å². The number of aliphatic hydroxyl groups is 1. The van der Waals surface area contributed by atoms with Gasteiger partial charge in [0.25, 0.3) is 11.7 Å². The molecule has 1 N–H and O–H groups in total. The lowest BCUT2D eigenvalue weighted by Crippen LogP contribution is -2.32. The van der Waals surface area contributed by atoms with Crippen molar-refractivity contribution in [1.82, 2.24) is 4.90 Å². The van der Waals surface area contributed by atoms with Crippen LogP contribution in [0.5, 0.6) is 17.2 Å². The number of carbonyl (C=O) groups is 2. The molecule has 0 bridgehead atoms. The number of Topliss-reactive ketones (excluding diaryl/α,β-unsaturated/α-hetero) is 1. The van der Waals surface area contributed by atoms with E-state index in [0.717, 1.165) is 11.1 Å². The smallest absolute Gasteiger partial charge is 0.295 e. The molecule has 1 atom stereocenters. The monoisotopic (exact) mass is 517 g/mol. The van der Waals surface area contributed by atoms with Crippen LogP contribution in [0.2, 0.25) is 0 Å². The van der Waals surface area contributed by atoms with Gasteiger partial charge in [0.1, 0.15) is 18.1 Å². The van der Waals surface area contributed by atoms with Crippen molar-refractivity contribution >= 4 is 17.4 Å². The lowest BCUT2D eigenvalue weighted by atomic mass is 9.95. The highest BCUT2D eigenvalue weighted by molar-refractivity contribution is 6.46. The van der Waals surface area contributed by atoms with E-state index >= 15 is 0 Å². The number of aliphatic hydroxyl groups excluding tert-OH is 1. The Bertz CT molecular complexity index is 1350. The highest BCUT2D eigenvalue weighted by Crippen LogP contribution is 2.41. The first kappa shape index (κ1) is 26.8. The number of methoxy groups -OCH3 is 3. The number of nitrogens with zero attached hydrogens (tertiary/aromatic N) is 1. The van der Waals surface area contributed by atoms with Crippen molar-refractivity contribution in [3.63, 3.8) is 0 Å². The van der Waals surface area contributed by atoms with E-state index in [9.17, 15) is 14.7 Å². The van der Waals surface area contributed by atoms with Gasteiger partial charge >= 0.3 is 0 Å². The fraction of sp³-hybridized carbons (Fsp3) is 0.267. The lowest BCUT2D eigenvalue weighted by molar-refractivity contribution is -0.140. The van der Waals surface area contributed by atoms with Crippen molar-refractivity contribution in [2.75, 3.05) is 34.5 Å². The topological polar surface area (TPSA) is 94.5 Å². The second kappa shape index (κ2) is 11.8. The van der Waals surface area contributed by atoms with Crippen molar-refractivity contribution in [2.24, 2.45) is 0 Å². The maximum Gasteiger partial charge on any atom is 0.295 e. The van der Waals surface area contributed by atoms with E-state index in [4.69, 9.17) is 18.9 Å². The fourth-order valence-corrected chi connectivity index (χ4v) is 4.41. The van der Waals surface area contributed by atoms with Gasteiger partial charge in [-0.25, -0.2) is 0 Å². The minimum absolute atomic E-state index is 0.0194. The summed E-state index contributed by atoms with van der Waals surface area (Å²) in [6.07, 6.45) is 0. The summed E-state index contributed by atoms with van der Waals surface area (Å²) in [7, 11) is 4.51. The van der Waals surface area contributed by atoms with Crippen LogP contribution in [-0.4, -0.2) is 56.2 Å². The van der Waals surface area contributed by atoms with Crippen LogP contribution in [0.4, 0.5) is 0 Å². The number of hydrogen-bond acceptors (Lipinski definition) is 7. The molecular weight excluding hydrogens is 486 g/mol. The third-order valence-corrected chi connectivity index (χ3v) is 6.43. The van der Waals surface area contributed by atoms with E-state index in [1.807, 2.05) is 37.3 Å². The molecule has 1 heterocycles. The molecule has 1 unspecified atom stereocenters. The maximum atomic E-state index is 13.2. The average Bonchev–Trinajstić information content (AvgIpc) is 3.20. The van der Waals surface area contributed by atoms with Crippen LogP contribution in [0.25, 0.3) is 5.76 Å². The average molecular weight is 518 g/mol. The van der Waals surface area contributed by atoms with Gasteiger partial charge in [-0.1, -0.05) is 42.0 Å². The maximum absolute atomic E-state index is 13.2. The Balaban J connectivity index is 1.74. The molecule has 0 saturated carbocycles. The predicted molar refractivity (Wildman–Crippen MR) is 142 cm³/mol. The van der Waals surface area contributed by atoms with Gasteiger partial charge < -0.3 is 29.0 Å². The molecule has 8 heteroatoms. The molecular formula is C30H31NO7. The Kier molecular flexibility index (Phi) is 8.33. The fourth-order valence-electron chi connectivity index (χ4n) is 4.41. The van der Waals surface area contributed by atoms with Gasteiger partial charge in [-0.05, 0) is 48.4 Å². The first-order chi connectivity index (χ1) is 18.4. The SMILES string of the molecule is COCCN1C(=O)C(=O)/C(=C(/O)c2ccc(OC)c(OC)c2)C1c1cccc(OCc2ccc(C)cc2)c1. The Hall–Kier alpha value is -4.30. The van der Waals surface area contributed by atoms with E-state index in [0.29, 0.717) is 35.0 Å². The second-order valence-corrected chi connectivity index (χ2v) is 8.90. The minimum atomic E-state index is -0.832. The van der Waals surface area contributed by atoms with Crippen LogP contribution in [0.15, 0.2) is 72.3 Å². The summed E-state index contributed by atoms with van der Waals surface area (Å²) in [5.74, 6) is -0.357. The molecule has 0 aliphatic carbocycles. The van der Waals surface area contributed by atoms with E-state index in [-0.39, 0.29) is 24.5 Å². The van der Waals surface area contributed by atoms with Crippen molar-refractivity contribution < 1.29 is 33.6 Å². The van der Waals surface area contributed by atoms with Gasteiger partial charge in [0.2, 0.25) is 0 Å². The van der Waals surface area contributed by atoms with E-state index < -0.39 is 17.7 Å². The van der Waals surface area contributed by atoms with E-state index in [2.05, 4.69) is 0 Å². The Morgan fingerprint density at radius 1 is 0.921 bits per heavy atom. The molecule has 1 aliphatic heterocycles. The molecule has 1 saturated heterocycles. The van der Waals surface area contributed by atoms with Crippen LogP contribution in [-0.2, 0) is 20.9 Å². The summed E-state index contributed by atoms with van der Waals surface area (Å²) in [6, 6.07) is 19.2. The van der Waals surface area contributed by atoms with Crippen LogP contribution in [0.3, 0.4) is 0 Å². The molecule has 198 valence electrons. The van der Waals surface area contributed by atoms with Gasteiger partial charge in [0.15, 0.2) is 11.5 Å². The van der Waals surface area contributed by atoms with Crippen LogP contribution >= 0.6 is 0 Å². The van der Waals surface area contributed by atoms with Gasteiger partial charge in [-0.3, -0.25) is 9.59 Å². The molecule has 4 rings (SSSR count). The highest BCUT2D eigenvalue weighted by atomic mass is 16.5.